The first kappa shape index (κ1) is 10.9. The maximum Gasteiger partial charge on any atom is 0.123 e. The summed E-state index contributed by atoms with van der Waals surface area (Å²) in [5.74, 6) is -0.222. The summed E-state index contributed by atoms with van der Waals surface area (Å²) >= 11 is 0. The van der Waals surface area contributed by atoms with Crippen LogP contribution in [0, 0.1) is 5.82 Å². The lowest BCUT2D eigenvalue weighted by molar-refractivity contribution is 0.629. The van der Waals surface area contributed by atoms with Crippen molar-refractivity contribution in [1.29, 1.82) is 0 Å². The van der Waals surface area contributed by atoms with Crippen LogP contribution in [0.25, 0.3) is 10.9 Å². The largest absolute Gasteiger partial charge is 0.252 e. The van der Waals surface area contributed by atoms with Crippen LogP contribution in [0.4, 0.5) is 4.39 Å². The summed E-state index contributed by atoms with van der Waals surface area (Å²) in [7, 11) is 0. The Morgan fingerprint density at radius 3 is 2.56 bits per heavy atom. The second-order valence-electron chi connectivity index (χ2n) is 4.30. The van der Waals surface area contributed by atoms with E-state index in [-0.39, 0.29) is 5.82 Å². The van der Waals surface area contributed by atoms with Gasteiger partial charge >= 0.3 is 0 Å². The van der Waals surface area contributed by atoms with Crippen LogP contribution in [0.3, 0.4) is 0 Å². The zero-order valence-corrected chi connectivity index (χ0v) is 9.81. The van der Waals surface area contributed by atoms with Gasteiger partial charge in [0, 0.05) is 17.5 Å². The van der Waals surface area contributed by atoms with Crippen LogP contribution in [0.2, 0.25) is 0 Å². The molecule has 1 aromatic heterocycles. The lowest BCUT2D eigenvalue weighted by Gasteiger charge is -2.03. The summed E-state index contributed by atoms with van der Waals surface area (Å²) in [6.45, 7) is 0. The van der Waals surface area contributed by atoms with Gasteiger partial charge in [-0.2, -0.15) is 0 Å². The predicted octanol–water partition coefficient (Wildman–Crippen LogP) is 3.96. The topological polar surface area (TPSA) is 12.9 Å². The molecule has 0 radical (unpaired) electrons. The van der Waals surface area contributed by atoms with Crippen molar-refractivity contribution < 1.29 is 4.39 Å². The van der Waals surface area contributed by atoms with Crippen LogP contribution in [0.1, 0.15) is 11.3 Å². The van der Waals surface area contributed by atoms with E-state index in [1.54, 1.807) is 6.07 Å². The second-order valence-corrected chi connectivity index (χ2v) is 4.30. The fraction of sp³-hybridized carbons (Fsp3) is 0.0625. The molecule has 0 N–H and O–H groups in total. The summed E-state index contributed by atoms with van der Waals surface area (Å²) < 4.78 is 13.1. The van der Waals surface area contributed by atoms with E-state index >= 15 is 0 Å². The average molecular weight is 237 g/mol. The summed E-state index contributed by atoms with van der Waals surface area (Å²) in [4.78, 5) is 4.54. The molecule has 0 saturated carbocycles. The van der Waals surface area contributed by atoms with Crippen LogP contribution >= 0.6 is 0 Å². The fourth-order valence-corrected chi connectivity index (χ4v) is 2.04. The number of hydrogen-bond donors (Lipinski definition) is 0. The van der Waals surface area contributed by atoms with Crippen LogP contribution in [0.15, 0.2) is 60.7 Å². The molecule has 88 valence electrons. The van der Waals surface area contributed by atoms with Crippen molar-refractivity contribution >= 4 is 10.9 Å². The van der Waals surface area contributed by atoms with Crippen molar-refractivity contribution in [2.45, 2.75) is 6.42 Å². The molecule has 0 spiro atoms. The second kappa shape index (κ2) is 4.57. The third-order valence-electron chi connectivity index (χ3n) is 2.94. The summed E-state index contributed by atoms with van der Waals surface area (Å²) in [5, 5.41) is 0.840. The van der Waals surface area contributed by atoms with Crippen molar-refractivity contribution in [2.75, 3.05) is 0 Å². The van der Waals surface area contributed by atoms with Gasteiger partial charge in [0.2, 0.25) is 0 Å². The molecule has 2 heteroatoms. The molecule has 0 atom stereocenters. The van der Waals surface area contributed by atoms with Gasteiger partial charge in [0.15, 0.2) is 0 Å². The maximum absolute atomic E-state index is 13.1. The van der Waals surface area contributed by atoms with E-state index < -0.39 is 0 Å². The van der Waals surface area contributed by atoms with Crippen LogP contribution in [0.5, 0.6) is 0 Å². The van der Waals surface area contributed by atoms with Gasteiger partial charge in [-0.05, 0) is 29.8 Å². The van der Waals surface area contributed by atoms with Crippen LogP contribution < -0.4 is 0 Å². The first-order chi connectivity index (χ1) is 8.81. The third kappa shape index (κ3) is 2.23. The Morgan fingerprint density at radius 1 is 0.889 bits per heavy atom. The van der Waals surface area contributed by atoms with Crippen molar-refractivity contribution in [2.24, 2.45) is 0 Å². The number of nitrogens with zero attached hydrogens (tertiary/aromatic N) is 1. The van der Waals surface area contributed by atoms with Crippen molar-refractivity contribution in [1.82, 2.24) is 4.98 Å². The molecule has 1 nitrogen and oxygen atoms in total. The number of halogens is 1. The number of hydrogen-bond acceptors (Lipinski definition) is 1. The lowest BCUT2D eigenvalue weighted by atomic mass is 10.1. The van der Waals surface area contributed by atoms with Crippen molar-refractivity contribution in [3.8, 4) is 0 Å². The van der Waals surface area contributed by atoms with Gasteiger partial charge in [-0.25, -0.2) is 4.39 Å². The minimum atomic E-state index is -0.222. The Labute approximate surface area is 105 Å². The van der Waals surface area contributed by atoms with Gasteiger partial charge < -0.3 is 0 Å². The average Bonchev–Trinajstić information content (AvgIpc) is 2.40. The molecule has 3 rings (SSSR count). The SMILES string of the molecule is Fc1ccc2nc(Cc3ccccc3)ccc2c1. The van der Waals surface area contributed by atoms with Gasteiger partial charge in [0.1, 0.15) is 5.82 Å². The minimum absolute atomic E-state index is 0.222. The molecule has 0 saturated heterocycles. The van der Waals surface area contributed by atoms with E-state index in [9.17, 15) is 4.39 Å². The fourth-order valence-electron chi connectivity index (χ4n) is 2.04. The molecule has 0 unspecified atom stereocenters. The summed E-state index contributed by atoms with van der Waals surface area (Å²) in [5.41, 5.74) is 3.07. The molecule has 2 aromatic carbocycles. The standard InChI is InChI=1S/C16H12FN/c17-14-7-9-16-13(11-14)6-8-15(18-16)10-12-4-2-1-3-5-12/h1-9,11H,10H2. The van der Waals surface area contributed by atoms with Gasteiger partial charge in [-0.1, -0.05) is 36.4 Å². The molecule has 0 aliphatic carbocycles. The van der Waals surface area contributed by atoms with E-state index in [0.29, 0.717) is 0 Å². The molecule has 18 heavy (non-hydrogen) atoms. The van der Waals surface area contributed by atoms with Crippen molar-refractivity contribution in [3.05, 3.63) is 77.7 Å². The summed E-state index contributed by atoms with van der Waals surface area (Å²) in [6.07, 6.45) is 0.800. The molecular formula is C16H12FN. The maximum atomic E-state index is 13.1. The number of rotatable bonds is 2. The zero-order valence-electron chi connectivity index (χ0n) is 9.81. The van der Waals surface area contributed by atoms with E-state index in [0.717, 1.165) is 23.0 Å². The quantitative estimate of drug-likeness (QED) is 0.657. The molecule has 1 heterocycles. The number of aromatic nitrogens is 1. The highest BCUT2D eigenvalue weighted by Crippen LogP contribution is 2.16. The number of fused-ring (bicyclic) bond motifs is 1. The molecule has 0 fully saturated rings. The molecular weight excluding hydrogens is 225 g/mol. The molecule has 0 amide bonds. The molecule has 0 aliphatic heterocycles. The smallest absolute Gasteiger partial charge is 0.123 e. The minimum Gasteiger partial charge on any atom is -0.252 e. The normalized spacial score (nSPS) is 10.7. The van der Waals surface area contributed by atoms with Gasteiger partial charge in [0.25, 0.3) is 0 Å². The highest BCUT2D eigenvalue weighted by atomic mass is 19.1. The zero-order chi connectivity index (χ0) is 12.4. The number of pyridine rings is 1. The highest BCUT2D eigenvalue weighted by Gasteiger charge is 2.01. The van der Waals surface area contributed by atoms with E-state index in [4.69, 9.17) is 0 Å². The number of benzene rings is 2. The van der Waals surface area contributed by atoms with Crippen LogP contribution in [-0.4, -0.2) is 4.98 Å². The van der Waals surface area contributed by atoms with Crippen LogP contribution in [-0.2, 0) is 6.42 Å². The Balaban J connectivity index is 1.96. The third-order valence-corrected chi connectivity index (χ3v) is 2.94. The Kier molecular flexibility index (Phi) is 2.77. The first-order valence-corrected chi connectivity index (χ1v) is 5.90. The van der Waals surface area contributed by atoms with Gasteiger partial charge in [-0.15, -0.1) is 0 Å². The first-order valence-electron chi connectivity index (χ1n) is 5.90. The predicted molar refractivity (Wildman–Crippen MR) is 70.9 cm³/mol. The molecule has 0 bridgehead atoms. The molecule has 3 aromatic rings. The Hall–Kier alpha value is -2.22. The van der Waals surface area contributed by atoms with E-state index in [2.05, 4.69) is 17.1 Å². The lowest BCUT2D eigenvalue weighted by Crippen LogP contribution is -1.92. The van der Waals surface area contributed by atoms with E-state index in [1.165, 1.54) is 17.7 Å². The highest BCUT2D eigenvalue weighted by molar-refractivity contribution is 5.78. The van der Waals surface area contributed by atoms with Gasteiger partial charge in [0.05, 0.1) is 5.52 Å². The molecule has 0 aliphatic rings. The van der Waals surface area contributed by atoms with Crippen molar-refractivity contribution in [3.63, 3.8) is 0 Å². The van der Waals surface area contributed by atoms with Gasteiger partial charge in [-0.3, -0.25) is 4.98 Å². The summed E-state index contributed by atoms with van der Waals surface area (Å²) in [6, 6.07) is 18.7. The monoisotopic (exact) mass is 237 g/mol. The Morgan fingerprint density at radius 2 is 1.72 bits per heavy atom. The van der Waals surface area contributed by atoms with E-state index in [1.807, 2.05) is 30.3 Å². The Bertz CT molecular complexity index is 677.